The van der Waals surface area contributed by atoms with Crippen molar-refractivity contribution >= 4 is 15.9 Å². The molecule has 1 amide bonds. The van der Waals surface area contributed by atoms with Crippen LogP contribution >= 0.6 is 0 Å². The van der Waals surface area contributed by atoms with Crippen LogP contribution in [0.1, 0.15) is 49.6 Å². The molecule has 0 bridgehead atoms. The average Bonchev–Trinajstić information content (AvgIpc) is 2.67. The maximum absolute atomic E-state index is 12.2. The van der Waals surface area contributed by atoms with Gasteiger partial charge in [0.2, 0.25) is 10.0 Å². The van der Waals surface area contributed by atoms with Crippen LogP contribution in [0.4, 0.5) is 0 Å². The van der Waals surface area contributed by atoms with Gasteiger partial charge in [0, 0.05) is 18.8 Å². The third-order valence-corrected chi connectivity index (χ3v) is 4.40. The molecule has 1 aliphatic rings. The van der Waals surface area contributed by atoms with E-state index in [2.05, 4.69) is 5.32 Å². The fourth-order valence-corrected chi connectivity index (χ4v) is 2.68. The van der Waals surface area contributed by atoms with E-state index in [0.29, 0.717) is 18.2 Å². The summed E-state index contributed by atoms with van der Waals surface area (Å²) in [4.78, 5) is 12.2. The number of aromatic nitrogens is 1. The summed E-state index contributed by atoms with van der Waals surface area (Å²) in [5, 5.41) is 7.96. The van der Waals surface area contributed by atoms with E-state index in [9.17, 15) is 13.2 Å². The van der Waals surface area contributed by atoms with Crippen LogP contribution in [0.15, 0.2) is 17.2 Å². The number of nitrogens with two attached hydrogens (primary N) is 1. The van der Waals surface area contributed by atoms with E-state index in [-0.39, 0.29) is 16.8 Å². The number of carbonyl (C=O) groups is 1. The molecule has 2 rings (SSSR count). The molecule has 0 unspecified atom stereocenters. The van der Waals surface area contributed by atoms with E-state index in [1.807, 2.05) is 13.8 Å². The summed E-state index contributed by atoms with van der Waals surface area (Å²) in [6.07, 6.45) is 4.50. The number of nitrogens with zero attached hydrogens (tertiary/aromatic N) is 1. The van der Waals surface area contributed by atoms with Crippen molar-refractivity contribution in [3.63, 3.8) is 0 Å². The van der Waals surface area contributed by atoms with Crippen molar-refractivity contribution in [2.45, 2.75) is 44.0 Å². The van der Waals surface area contributed by atoms with Gasteiger partial charge in [0.05, 0.1) is 0 Å². The van der Waals surface area contributed by atoms with Gasteiger partial charge in [-0.25, -0.2) is 13.6 Å². The Morgan fingerprint density at radius 2 is 2.15 bits per heavy atom. The molecule has 1 aromatic heterocycles. The smallest absolute Gasteiger partial charge is 0.267 e. The van der Waals surface area contributed by atoms with Crippen molar-refractivity contribution in [1.29, 1.82) is 0 Å². The van der Waals surface area contributed by atoms with Gasteiger partial charge in [-0.15, -0.1) is 0 Å². The molecular formula is C13H21N3O3S. The second kappa shape index (κ2) is 5.57. The minimum Gasteiger partial charge on any atom is -0.351 e. The van der Waals surface area contributed by atoms with Crippen molar-refractivity contribution in [3.05, 3.63) is 18.0 Å². The largest absolute Gasteiger partial charge is 0.351 e. The van der Waals surface area contributed by atoms with Crippen molar-refractivity contribution in [1.82, 2.24) is 9.88 Å². The number of nitrogens with one attached hydrogen (secondary N) is 1. The maximum atomic E-state index is 12.2. The first-order chi connectivity index (χ1) is 9.29. The van der Waals surface area contributed by atoms with Crippen LogP contribution in [0.5, 0.6) is 0 Å². The van der Waals surface area contributed by atoms with Crippen LogP contribution in [0.2, 0.25) is 0 Å². The molecule has 0 spiro atoms. The molecule has 1 heterocycles. The van der Waals surface area contributed by atoms with Crippen LogP contribution in [0.25, 0.3) is 0 Å². The number of sulfonamides is 1. The Balaban J connectivity index is 2.29. The molecule has 0 radical (unpaired) electrons. The van der Waals surface area contributed by atoms with Gasteiger partial charge in [0.25, 0.3) is 5.91 Å². The number of hydrogen-bond donors (Lipinski definition) is 2. The Kier molecular flexibility index (Phi) is 4.19. The normalized spacial score (nSPS) is 16.2. The lowest BCUT2D eigenvalue weighted by atomic mass is 9.93. The van der Waals surface area contributed by atoms with Gasteiger partial charge in [-0.05, 0) is 31.2 Å². The highest BCUT2D eigenvalue weighted by molar-refractivity contribution is 7.89. The molecule has 1 saturated carbocycles. The van der Waals surface area contributed by atoms with Crippen LogP contribution in [0, 0.1) is 5.92 Å². The summed E-state index contributed by atoms with van der Waals surface area (Å²) in [6, 6.07) is 1.56. The summed E-state index contributed by atoms with van der Waals surface area (Å²) in [6.45, 7) is 4.56. The summed E-state index contributed by atoms with van der Waals surface area (Å²) < 4.78 is 24.6. The second-order valence-electron chi connectivity index (χ2n) is 5.70. The summed E-state index contributed by atoms with van der Waals surface area (Å²) in [7, 11) is -3.79. The molecule has 112 valence electrons. The molecule has 7 heteroatoms. The van der Waals surface area contributed by atoms with E-state index in [4.69, 9.17) is 5.14 Å². The van der Waals surface area contributed by atoms with Crippen molar-refractivity contribution in [2.24, 2.45) is 11.1 Å². The molecule has 1 fully saturated rings. The summed E-state index contributed by atoms with van der Waals surface area (Å²) >= 11 is 0. The predicted octanol–water partition coefficient (Wildman–Crippen LogP) is 1.25. The summed E-state index contributed by atoms with van der Waals surface area (Å²) in [5.74, 6) is 0.0873. The quantitative estimate of drug-likeness (QED) is 0.856. The lowest BCUT2D eigenvalue weighted by Crippen LogP contribution is -2.31. The lowest BCUT2D eigenvalue weighted by molar-refractivity contribution is 0.0934. The standard InChI is InChI=1S/C13H21N3O3S/c1-9(2)7-15-13(17)12-6-11(20(14,18)19)8-16(12)10-4-3-5-10/h6,8-10H,3-5,7H2,1-2H3,(H,15,17)(H2,14,18,19). The molecule has 1 aliphatic carbocycles. The van der Waals surface area contributed by atoms with Gasteiger partial charge in [0.15, 0.2) is 0 Å². The summed E-state index contributed by atoms with van der Waals surface area (Å²) in [5.41, 5.74) is 0.374. The SMILES string of the molecule is CC(C)CNC(=O)c1cc(S(N)(=O)=O)cn1C1CCC1. The third kappa shape index (κ3) is 3.21. The van der Waals surface area contributed by atoms with E-state index in [1.165, 1.54) is 12.3 Å². The number of rotatable bonds is 5. The molecule has 0 saturated heterocycles. The molecular weight excluding hydrogens is 278 g/mol. The Labute approximate surface area is 119 Å². The van der Waals surface area contributed by atoms with Gasteiger partial charge < -0.3 is 9.88 Å². The molecule has 0 aliphatic heterocycles. The second-order valence-corrected chi connectivity index (χ2v) is 7.26. The zero-order valence-corrected chi connectivity index (χ0v) is 12.6. The Morgan fingerprint density at radius 1 is 1.50 bits per heavy atom. The highest BCUT2D eigenvalue weighted by Crippen LogP contribution is 2.34. The van der Waals surface area contributed by atoms with Crippen molar-refractivity contribution < 1.29 is 13.2 Å². The van der Waals surface area contributed by atoms with Crippen LogP contribution in [-0.4, -0.2) is 25.4 Å². The Bertz CT molecular complexity index is 600. The minimum absolute atomic E-state index is 0.000836. The lowest BCUT2D eigenvalue weighted by Gasteiger charge is -2.28. The Hall–Kier alpha value is -1.34. The molecule has 0 aromatic carbocycles. The van der Waals surface area contributed by atoms with Crippen LogP contribution in [0.3, 0.4) is 0 Å². The number of carbonyl (C=O) groups excluding carboxylic acids is 1. The Morgan fingerprint density at radius 3 is 2.60 bits per heavy atom. The van der Waals surface area contributed by atoms with E-state index in [1.54, 1.807) is 4.57 Å². The maximum Gasteiger partial charge on any atom is 0.267 e. The fourth-order valence-electron chi connectivity index (χ4n) is 2.15. The van der Waals surface area contributed by atoms with Crippen LogP contribution < -0.4 is 10.5 Å². The number of hydrogen-bond acceptors (Lipinski definition) is 3. The zero-order valence-electron chi connectivity index (χ0n) is 11.8. The average molecular weight is 299 g/mol. The first-order valence-corrected chi connectivity index (χ1v) is 8.36. The third-order valence-electron chi connectivity index (χ3n) is 3.52. The van der Waals surface area contributed by atoms with Gasteiger partial charge in [-0.2, -0.15) is 0 Å². The molecule has 20 heavy (non-hydrogen) atoms. The van der Waals surface area contributed by atoms with Crippen molar-refractivity contribution in [3.8, 4) is 0 Å². The first-order valence-electron chi connectivity index (χ1n) is 6.82. The van der Waals surface area contributed by atoms with Crippen LogP contribution in [-0.2, 0) is 10.0 Å². The number of primary sulfonamides is 1. The van der Waals surface area contributed by atoms with E-state index >= 15 is 0 Å². The minimum atomic E-state index is -3.79. The van der Waals surface area contributed by atoms with Crippen molar-refractivity contribution in [2.75, 3.05) is 6.54 Å². The molecule has 3 N–H and O–H groups in total. The topological polar surface area (TPSA) is 94.2 Å². The monoisotopic (exact) mass is 299 g/mol. The van der Waals surface area contributed by atoms with Gasteiger partial charge in [0.1, 0.15) is 10.6 Å². The first kappa shape index (κ1) is 15.1. The highest BCUT2D eigenvalue weighted by atomic mass is 32.2. The van der Waals surface area contributed by atoms with E-state index < -0.39 is 10.0 Å². The predicted molar refractivity (Wildman–Crippen MR) is 75.9 cm³/mol. The fraction of sp³-hybridized carbons (Fsp3) is 0.615. The van der Waals surface area contributed by atoms with Gasteiger partial charge >= 0.3 is 0 Å². The molecule has 6 nitrogen and oxygen atoms in total. The van der Waals surface area contributed by atoms with E-state index in [0.717, 1.165) is 19.3 Å². The van der Waals surface area contributed by atoms with Gasteiger partial charge in [-0.1, -0.05) is 13.8 Å². The van der Waals surface area contributed by atoms with Gasteiger partial charge in [-0.3, -0.25) is 4.79 Å². The molecule has 1 aromatic rings. The number of amides is 1. The highest BCUT2D eigenvalue weighted by Gasteiger charge is 2.26. The zero-order chi connectivity index (χ0) is 14.9. The molecule has 0 atom stereocenters.